The summed E-state index contributed by atoms with van der Waals surface area (Å²) in [5.74, 6) is 0.890. The molecule has 4 N–H and O–H groups in total. The van der Waals surface area contributed by atoms with E-state index >= 15 is 0 Å². The van der Waals surface area contributed by atoms with Crippen LogP contribution in [-0.4, -0.2) is 143 Å². The van der Waals surface area contributed by atoms with Crippen LogP contribution in [0.1, 0.15) is 185 Å². The number of nitrogens with zero attached hydrogens (tertiary/aromatic N) is 5. The van der Waals surface area contributed by atoms with Crippen molar-refractivity contribution < 1.29 is 41.3 Å². The smallest absolute Gasteiger partial charge is 0.306 e. The van der Waals surface area contributed by atoms with Gasteiger partial charge in [0.2, 0.25) is 10.0 Å². The number of aliphatic hydroxyl groups is 3. The number of hydrogen-bond acceptors (Lipinski definition) is 14. The number of sulfonamides is 1. The van der Waals surface area contributed by atoms with Crippen LogP contribution in [0.25, 0.3) is 33.4 Å². The molecule has 1 spiro atoms. The molecule has 3 heterocycles. The largest absolute Gasteiger partial charge is 0.396 e. The Morgan fingerprint density at radius 3 is 1.27 bits per heavy atom. The number of allylic oxidation sites excluding steroid dienone is 3. The zero-order chi connectivity index (χ0) is 79.6. The lowest BCUT2D eigenvalue weighted by molar-refractivity contribution is -0.384. The number of nitro benzene ring substituents is 1. The molecule has 598 valence electrons. The van der Waals surface area contributed by atoms with E-state index in [2.05, 4.69) is 159 Å². The first-order valence-electron chi connectivity index (χ1n) is 41.2. The number of benzene rings is 9. The van der Waals surface area contributed by atoms with E-state index < -0.39 is 20.1 Å². The highest BCUT2D eigenvalue weighted by Crippen LogP contribution is 2.48. The molecule has 114 heavy (non-hydrogen) atoms. The predicted molar refractivity (Wildman–Crippen MR) is 466 cm³/mol. The molecule has 0 amide bonds. The maximum atomic E-state index is 12.5. The molecule has 3 saturated heterocycles. The lowest BCUT2D eigenvalue weighted by Gasteiger charge is -2.38. The van der Waals surface area contributed by atoms with E-state index in [1.54, 1.807) is 24.3 Å². The third kappa shape index (κ3) is 21.7. The van der Waals surface area contributed by atoms with E-state index in [1.165, 1.54) is 93.4 Å². The molecule has 9 aromatic carbocycles. The number of non-ortho nitro benzene ring substituents is 1. The molecule has 0 bridgehead atoms. The van der Waals surface area contributed by atoms with Crippen LogP contribution in [-0.2, 0) is 20.1 Å². The minimum atomic E-state index is -3.61. The highest BCUT2D eigenvalue weighted by atomic mass is 32.2. The molecule has 0 atom stereocenters. The van der Waals surface area contributed by atoms with Gasteiger partial charge in [-0.2, -0.15) is 8.42 Å². The normalized spacial score (nSPS) is 17.4. The van der Waals surface area contributed by atoms with Crippen molar-refractivity contribution in [3.8, 4) is 5.75 Å². The van der Waals surface area contributed by atoms with Gasteiger partial charge in [0.1, 0.15) is 5.75 Å². The summed E-state index contributed by atoms with van der Waals surface area (Å²) in [4.78, 5) is 21.1. The monoisotopic (exact) mass is 1570 g/mol. The lowest BCUT2D eigenvalue weighted by atomic mass is 9.85. The maximum Gasteiger partial charge on any atom is 0.306 e. The predicted octanol–water partition coefficient (Wildman–Crippen LogP) is 19.0. The van der Waals surface area contributed by atoms with Crippen LogP contribution in [0.4, 0.5) is 22.7 Å². The van der Waals surface area contributed by atoms with Crippen LogP contribution in [0.15, 0.2) is 237 Å². The van der Waals surface area contributed by atoms with Gasteiger partial charge in [-0.05, 0) is 284 Å². The van der Waals surface area contributed by atoms with E-state index in [9.17, 15) is 42.3 Å². The van der Waals surface area contributed by atoms with Gasteiger partial charge in [-0.1, -0.05) is 177 Å². The summed E-state index contributed by atoms with van der Waals surface area (Å²) >= 11 is 0. The summed E-state index contributed by atoms with van der Waals surface area (Å²) in [6, 6.07) is 80.7. The Bertz CT molecular complexity index is 4940. The van der Waals surface area contributed by atoms with Crippen LogP contribution < -0.4 is 18.7 Å². The average Bonchev–Trinajstić information content (AvgIpc) is 1.11. The molecule has 6 aliphatic rings. The van der Waals surface area contributed by atoms with Crippen molar-refractivity contribution in [3.05, 3.63) is 302 Å². The van der Waals surface area contributed by atoms with E-state index in [-0.39, 0.29) is 41.4 Å². The number of hydrogen-bond donors (Lipinski definition) is 4. The van der Waals surface area contributed by atoms with Gasteiger partial charge in [-0.15, -0.1) is 0 Å². The summed E-state index contributed by atoms with van der Waals surface area (Å²) in [6.07, 6.45) is 18.6. The van der Waals surface area contributed by atoms with Gasteiger partial charge in [0, 0.05) is 100 Å². The second-order valence-electron chi connectivity index (χ2n) is 31.9. The molecule has 6 fully saturated rings. The highest BCUT2D eigenvalue weighted by molar-refractivity contribution is 7.93. The van der Waals surface area contributed by atoms with Crippen LogP contribution in [0.5, 0.6) is 5.75 Å². The Kier molecular flexibility index (Phi) is 28.0. The number of likely N-dealkylation sites (tertiary alicyclic amines) is 1. The Morgan fingerprint density at radius 1 is 0.474 bits per heavy atom. The number of nitrogens with one attached hydrogen (secondary N) is 1. The Hall–Kier alpha value is -9.50. The first kappa shape index (κ1) is 82.5. The zero-order valence-electron chi connectivity index (χ0n) is 66.4. The maximum absolute atomic E-state index is 12.5. The van der Waals surface area contributed by atoms with Crippen molar-refractivity contribution >= 4 is 76.3 Å². The summed E-state index contributed by atoms with van der Waals surface area (Å²) in [7, 11) is -6.92. The Morgan fingerprint density at radius 2 is 0.877 bits per heavy atom. The molecule has 16 nitrogen and oxygen atoms in total. The summed E-state index contributed by atoms with van der Waals surface area (Å²) in [5, 5.41) is 40.0. The van der Waals surface area contributed by atoms with Crippen LogP contribution in [0.3, 0.4) is 0 Å². The van der Waals surface area contributed by atoms with E-state index in [4.69, 9.17) is 4.18 Å². The van der Waals surface area contributed by atoms with Gasteiger partial charge < -0.3 is 34.2 Å². The van der Waals surface area contributed by atoms with Crippen molar-refractivity contribution in [2.24, 2.45) is 5.41 Å². The molecule has 0 aromatic heterocycles. The van der Waals surface area contributed by atoms with Gasteiger partial charge >= 0.3 is 10.1 Å². The first-order chi connectivity index (χ1) is 55.3. The molecule has 3 aliphatic carbocycles. The molecule has 15 rings (SSSR count). The number of aliphatic hydroxyl groups excluding tert-OH is 3. The van der Waals surface area contributed by atoms with Gasteiger partial charge in [0.15, 0.2) is 0 Å². The molecular formula is C96H112N6O10S2. The fourth-order valence-electron chi connectivity index (χ4n) is 17.2. The van der Waals surface area contributed by atoms with Crippen molar-refractivity contribution in [1.82, 2.24) is 9.80 Å². The van der Waals surface area contributed by atoms with Crippen molar-refractivity contribution in [2.45, 2.75) is 146 Å². The van der Waals surface area contributed by atoms with Crippen molar-refractivity contribution in [2.75, 3.05) is 93.0 Å². The van der Waals surface area contributed by atoms with Crippen LogP contribution in [0, 0.1) is 15.5 Å². The Labute approximate surface area is 675 Å². The third-order valence-corrected chi connectivity index (χ3v) is 26.0. The second-order valence-corrected chi connectivity index (χ2v) is 35.5. The van der Waals surface area contributed by atoms with Gasteiger partial charge in [-0.3, -0.25) is 19.7 Å². The number of anilines is 3. The second kappa shape index (κ2) is 38.8. The molecular weight excluding hydrogens is 1460 g/mol. The minimum absolute atomic E-state index is 0.0833. The molecule has 0 unspecified atom stereocenters. The van der Waals surface area contributed by atoms with Crippen molar-refractivity contribution in [3.63, 3.8) is 0 Å². The van der Waals surface area contributed by atoms with Crippen LogP contribution in [0.2, 0.25) is 0 Å². The fourth-order valence-corrected chi connectivity index (χ4v) is 19.1. The zero-order valence-corrected chi connectivity index (χ0v) is 68.0. The fraction of sp³-hybridized carbons (Fsp3) is 0.375. The topological polar surface area (TPSA) is 206 Å². The number of nitro groups is 1. The van der Waals surface area contributed by atoms with Crippen LogP contribution >= 0.6 is 0 Å². The number of piperazine rings is 1. The highest BCUT2D eigenvalue weighted by Gasteiger charge is 2.41. The Balaban J connectivity index is 0.000000149. The van der Waals surface area contributed by atoms with Gasteiger partial charge in [0.05, 0.1) is 16.4 Å². The molecule has 0 radical (unpaired) electrons. The first-order valence-corrected chi connectivity index (χ1v) is 44.6. The lowest BCUT2D eigenvalue weighted by Crippen LogP contribution is -2.48. The third-order valence-electron chi connectivity index (χ3n) is 23.6. The summed E-state index contributed by atoms with van der Waals surface area (Å²) in [6.45, 7) is 13.7. The molecule has 9 aromatic rings. The minimum Gasteiger partial charge on any atom is -0.396 e. The van der Waals surface area contributed by atoms with E-state index in [1.807, 2.05) is 91.0 Å². The average molecular weight is 1570 g/mol. The summed E-state index contributed by atoms with van der Waals surface area (Å²) < 4.78 is 56.0. The SMILES string of the molecule is CC(C)N1CCN(c2ccc(/C(=C(/CCCO)c3ccccc3)c3ccc(OS(C)(=O)=O)cc3)cc2)CC1.O=S(=O)(Nc1ccc(/C(=C(\CCCO)c2ccccc2)c2ccc(C3CCN(C4CC4)CC3)cc2)cc1)C1CC1.O=[N+]([O-])c1ccc(/C(=C(\CCCO)c2ccccc2)c2ccc(N3CCC4(CCCC4)C3)cc2)cc1. The van der Waals surface area contributed by atoms with E-state index in [0.717, 1.165) is 149 Å². The van der Waals surface area contributed by atoms with Crippen molar-refractivity contribution in [1.29, 1.82) is 0 Å². The van der Waals surface area contributed by atoms with Gasteiger partial charge in [-0.25, -0.2) is 8.42 Å². The van der Waals surface area contributed by atoms with E-state index in [0.29, 0.717) is 55.2 Å². The standard InChI is InChI=1S/C34H40N2O3S.C31H38N2O4S.C31H34N2O3/c37-24-4-7-33(27-5-2-1-3-6-27)34(29-12-14-30(15-13-29)35-40(38,39)32-18-19-32)28-10-8-25(9-11-28)26-20-22-36(23-21-26)31-16-17-31;1-24(2)32-19-21-33(22-20-32)28-15-11-26(12-16-28)31(27-13-17-29(18-14-27)37-38(3,35)36)30(10-7-23-34)25-8-5-4-6-9-25;34-22-6-9-29(24-7-2-1-3-8-24)30(26-12-16-28(17-13-26)33(35)36)25-10-14-27(15-11-25)32-21-20-31(23-32)18-4-5-19-31/h1-3,5-6,8-15,26,31-32,35,37H,4,7,16-24H2;4-6,8-9,11-18,24,34H,7,10,19-23H2,1-3H3;1-3,7-8,10-17,34H,4-6,9,18-23H2/b34-33+;31-30+;30-29+. The molecule has 3 saturated carbocycles. The number of rotatable bonds is 29. The van der Waals surface area contributed by atoms with Gasteiger partial charge in [0.25, 0.3) is 5.69 Å². The molecule has 3 aliphatic heterocycles. The molecule has 18 heteroatoms. The number of piperidine rings is 1. The summed E-state index contributed by atoms with van der Waals surface area (Å²) in [5.41, 5.74) is 21.4. The quantitative estimate of drug-likeness (QED) is 0.0149.